The summed E-state index contributed by atoms with van der Waals surface area (Å²) in [5.41, 5.74) is 6.16. The molecule has 8 rings (SSSR count). The van der Waals surface area contributed by atoms with Gasteiger partial charge in [-0.3, -0.25) is 0 Å². The van der Waals surface area contributed by atoms with E-state index in [4.69, 9.17) is 19.4 Å². The number of para-hydroxylation sites is 1. The molecule has 0 bridgehead atoms. The van der Waals surface area contributed by atoms with E-state index in [0.717, 1.165) is 51.9 Å². The number of rotatable bonds is 12. The van der Waals surface area contributed by atoms with Crippen LogP contribution < -0.4 is 9.47 Å². The number of aromatic nitrogens is 2. The molecular weight excluding hydrogens is 641 g/mol. The Morgan fingerprint density at radius 2 is 1.27 bits per heavy atom. The number of nitrogens with zero attached hydrogens (tertiary/aromatic N) is 2. The van der Waals surface area contributed by atoms with Gasteiger partial charge in [0.1, 0.15) is 17.2 Å². The van der Waals surface area contributed by atoms with Gasteiger partial charge in [-0.05, 0) is 74.5 Å². The summed E-state index contributed by atoms with van der Waals surface area (Å²) in [7, 11) is 1.72. The Morgan fingerprint density at radius 3 is 1.96 bits per heavy atom. The maximum absolute atomic E-state index is 11.4. The molecule has 1 aromatic heterocycles. The highest BCUT2D eigenvalue weighted by Gasteiger charge is 2.19. The van der Waals surface area contributed by atoms with Crippen LogP contribution in [0, 0.1) is 5.92 Å². The summed E-state index contributed by atoms with van der Waals surface area (Å²) in [6.07, 6.45) is 4.59. The molecule has 1 N–H and O–H groups in total. The van der Waals surface area contributed by atoms with Gasteiger partial charge in [0, 0.05) is 28.3 Å². The van der Waals surface area contributed by atoms with Crippen molar-refractivity contribution in [1.29, 1.82) is 0 Å². The number of phenols is 1. The summed E-state index contributed by atoms with van der Waals surface area (Å²) >= 11 is 0. The second-order valence-corrected chi connectivity index (χ2v) is 13.6. The van der Waals surface area contributed by atoms with Crippen LogP contribution in [-0.2, 0) is 0 Å². The molecule has 0 aliphatic carbocycles. The average molecular weight is 683 g/mol. The standard InChI is InChI=1S/C47H42N2O3/c1-4-6-12-30(5-2)29-52-34-21-26-40(43(50)27-34)42-28-41(48-47(49-42)33-13-8-7-9-14-33)36-23-18-32-19-24-38-35(37-15-10-11-16-44(37)51-3)22-17-31-20-25-39(36)46(32)45(31)38/h7-11,13-28,30,50H,4-6,12,29H2,1-3H3. The van der Waals surface area contributed by atoms with E-state index < -0.39 is 0 Å². The van der Waals surface area contributed by atoms with E-state index in [9.17, 15) is 5.11 Å². The molecule has 0 fully saturated rings. The Kier molecular flexibility index (Phi) is 9.17. The maximum atomic E-state index is 11.4. The quantitative estimate of drug-likeness (QED) is 0.130. The number of benzene rings is 7. The van der Waals surface area contributed by atoms with Crippen molar-refractivity contribution in [3.63, 3.8) is 0 Å². The van der Waals surface area contributed by atoms with Gasteiger partial charge in [0.2, 0.25) is 0 Å². The number of aromatic hydroxyl groups is 1. The van der Waals surface area contributed by atoms with Crippen molar-refractivity contribution in [3.8, 4) is 62.3 Å². The van der Waals surface area contributed by atoms with E-state index in [1.807, 2.05) is 60.7 Å². The molecule has 0 spiro atoms. The Labute approximate surface area is 304 Å². The Morgan fingerprint density at radius 1 is 0.635 bits per heavy atom. The van der Waals surface area contributed by atoms with Crippen LogP contribution in [0.15, 0.2) is 127 Å². The van der Waals surface area contributed by atoms with E-state index in [1.165, 1.54) is 39.8 Å². The molecule has 1 atom stereocenters. The summed E-state index contributed by atoms with van der Waals surface area (Å²) < 4.78 is 11.9. The summed E-state index contributed by atoms with van der Waals surface area (Å²) in [6.45, 7) is 5.07. The van der Waals surface area contributed by atoms with Crippen LogP contribution >= 0.6 is 0 Å². The Hall–Kier alpha value is -5.94. The van der Waals surface area contributed by atoms with Gasteiger partial charge in [0.25, 0.3) is 0 Å². The smallest absolute Gasteiger partial charge is 0.160 e. The lowest BCUT2D eigenvalue weighted by molar-refractivity contribution is 0.232. The average Bonchev–Trinajstić information content (AvgIpc) is 3.20. The lowest BCUT2D eigenvalue weighted by Crippen LogP contribution is -2.11. The van der Waals surface area contributed by atoms with E-state index in [2.05, 4.69) is 74.5 Å². The fraction of sp³-hybridized carbons (Fsp3) is 0.191. The van der Waals surface area contributed by atoms with Crippen LogP contribution in [0.1, 0.15) is 39.5 Å². The van der Waals surface area contributed by atoms with Crippen molar-refractivity contribution in [2.45, 2.75) is 39.5 Å². The molecule has 0 saturated carbocycles. The SMILES string of the molecule is CCCCC(CC)COc1ccc(-c2cc(-c3ccc4ccc5c(-c6ccccc6OC)ccc6ccc3c4c65)nc(-c3ccccc3)n2)c(O)c1. The summed E-state index contributed by atoms with van der Waals surface area (Å²) in [6, 6.07) is 43.3. The molecule has 8 aromatic rings. The van der Waals surface area contributed by atoms with Gasteiger partial charge in [-0.2, -0.15) is 0 Å². The van der Waals surface area contributed by atoms with Crippen LogP contribution in [0.3, 0.4) is 0 Å². The molecule has 0 amide bonds. The van der Waals surface area contributed by atoms with Gasteiger partial charge in [0.05, 0.1) is 25.1 Å². The van der Waals surface area contributed by atoms with Crippen LogP contribution in [0.25, 0.3) is 77.3 Å². The second kappa shape index (κ2) is 14.4. The zero-order valence-electron chi connectivity index (χ0n) is 29.9. The number of hydrogen-bond acceptors (Lipinski definition) is 5. The first kappa shape index (κ1) is 33.2. The van der Waals surface area contributed by atoms with Crippen LogP contribution in [-0.4, -0.2) is 28.8 Å². The lowest BCUT2D eigenvalue weighted by atomic mass is 9.87. The van der Waals surface area contributed by atoms with Crippen molar-refractivity contribution in [1.82, 2.24) is 9.97 Å². The molecule has 0 radical (unpaired) electrons. The van der Waals surface area contributed by atoms with Gasteiger partial charge in [-0.1, -0.05) is 130 Å². The minimum absolute atomic E-state index is 0.127. The lowest BCUT2D eigenvalue weighted by Gasteiger charge is -2.18. The fourth-order valence-corrected chi connectivity index (χ4v) is 7.50. The molecule has 258 valence electrons. The number of hydrogen-bond donors (Lipinski definition) is 1. The van der Waals surface area contributed by atoms with Crippen molar-refractivity contribution < 1.29 is 14.6 Å². The minimum Gasteiger partial charge on any atom is -0.507 e. The normalized spacial score (nSPS) is 12.1. The summed E-state index contributed by atoms with van der Waals surface area (Å²) in [5.74, 6) is 2.73. The first-order chi connectivity index (χ1) is 25.6. The van der Waals surface area contributed by atoms with E-state index in [0.29, 0.717) is 35.4 Å². The molecule has 1 unspecified atom stereocenters. The predicted molar refractivity (Wildman–Crippen MR) is 214 cm³/mol. The molecule has 7 aromatic carbocycles. The molecule has 52 heavy (non-hydrogen) atoms. The van der Waals surface area contributed by atoms with Crippen LogP contribution in [0.2, 0.25) is 0 Å². The third-order valence-corrected chi connectivity index (χ3v) is 10.4. The molecule has 0 aliphatic heterocycles. The monoisotopic (exact) mass is 682 g/mol. The number of methoxy groups -OCH3 is 1. The first-order valence-electron chi connectivity index (χ1n) is 18.3. The van der Waals surface area contributed by atoms with Gasteiger partial charge < -0.3 is 14.6 Å². The zero-order chi connectivity index (χ0) is 35.6. The van der Waals surface area contributed by atoms with Gasteiger partial charge in [-0.15, -0.1) is 0 Å². The van der Waals surface area contributed by atoms with Gasteiger partial charge in [0.15, 0.2) is 5.82 Å². The predicted octanol–water partition coefficient (Wildman–Crippen LogP) is 12.4. The van der Waals surface area contributed by atoms with Crippen LogP contribution in [0.4, 0.5) is 0 Å². The third kappa shape index (κ3) is 6.17. The highest BCUT2D eigenvalue weighted by molar-refractivity contribution is 6.27. The van der Waals surface area contributed by atoms with Crippen molar-refractivity contribution in [2.75, 3.05) is 13.7 Å². The zero-order valence-corrected chi connectivity index (χ0v) is 29.9. The third-order valence-electron chi connectivity index (χ3n) is 10.4. The minimum atomic E-state index is 0.127. The Bertz CT molecular complexity index is 2510. The topological polar surface area (TPSA) is 64.5 Å². The van der Waals surface area contributed by atoms with Gasteiger partial charge >= 0.3 is 0 Å². The van der Waals surface area contributed by atoms with E-state index >= 15 is 0 Å². The largest absolute Gasteiger partial charge is 0.507 e. The highest BCUT2D eigenvalue weighted by Crippen LogP contribution is 2.44. The van der Waals surface area contributed by atoms with Gasteiger partial charge in [-0.25, -0.2) is 9.97 Å². The molecule has 1 heterocycles. The molecular formula is C47H42N2O3. The molecule has 0 saturated heterocycles. The summed E-state index contributed by atoms with van der Waals surface area (Å²) in [4.78, 5) is 10.2. The van der Waals surface area contributed by atoms with Crippen molar-refractivity contribution in [2.24, 2.45) is 5.92 Å². The van der Waals surface area contributed by atoms with Crippen molar-refractivity contribution >= 4 is 32.3 Å². The number of ether oxygens (including phenoxy) is 2. The molecule has 5 heteroatoms. The first-order valence-corrected chi connectivity index (χ1v) is 18.3. The maximum Gasteiger partial charge on any atom is 0.160 e. The Balaban J connectivity index is 1.26. The molecule has 5 nitrogen and oxygen atoms in total. The molecule has 0 aliphatic rings. The van der Waals surface area contributed by atoms with E-state index in [1.54, 1.807) is 13.2 Å². The summed E-state index contributed by atoms with van der Waals surface area (Å²) in [5, 5.41) is 18.4. The second-order valence-electron chi connectivity index (χ2n) is 13.6. The fourth-order valence-electron chi connectivity index (χ4n) is 7.50. The van der Waals surface area contributed by atoms with Crippen molar-refractivity contribution in [3.05, 3.63) is 127 Å². The van der Waals surface area contributed by atoms with Crippen LogP contribution in [0.5, 0.6) is 17.2 Å². The highest BCUT2D eigenvalue weighted by atomic mass is 16.5. The number of phenolic OH excluding ortho intramolecular Hbond substituents is 1. The van der Waals surface area contributed by atoms with E-state index in [-0.39, 0.29) is 5.75 Å². The number of unbranched alkanes of at least 4 members (excludes halogenated alkanes) is 1.